The van der Waals surface area contributed by atoms with E-state index in [0.717, 1.165) is 57.9 Å². The highest BCUT2D eigenvalue weighted by molar-refractivity contribution is 7.99. The number of ether oxygens (including phenoxy) is 1. The highest BCUT2D eigenvalue weighted by Crippen LogP contribution is 2.41. The molecule has 5 rings (SSSR count). The molecule has 6 nitrogen and oxygen atoms in total. The molecule has 0 bridgehead atoms. The molecule has 1 fully saturated rings. The Balaban J connectivity index is 1.28. The monoisotopic (exact) mass is 487 g/mol. The Bertz CT molecular complexity index is 1290. The van der Waals surface area contributed by atoms with Crippen molar-refractivity contribution in [1.82, 2.24) is 14.8 Å². The molecule has 1 unspecified atom stereocenters. The van der Waals surface area contributed by atoms with Gasteiger partial charge in [0.05, 0.1) is 16.9 Å². The predicted octanol–water partition coefficient (Wildman–Crippen LogP) is 6.18. The number of Topliss-reactive ketones (excluding diaryl/α,β-unsaturated/α-hetero) is 1. The van der Waals surface area contributed by atoms with Crippen LogP contribution in [0, 0.1) is 13.8 Å². The van der Waals surface area contributed by atoms with Gasteiger partial charge in [0.2, 0.25) is 0 Å². The molecule has 1 saturated heterocycles. The molecular weight excluding hydrogens is 466 g/mol. The third-order valence-electron chi connectivity index (χ3n) is 5.75. The van der Waals surface area contributed by atoms with E-state index < -0.39 is 0 Å². The first-order valence-corrected chi connectivity index (χ1v) is 12.6. The lowest BCUT2D eigenvalue weighted by atomic mass is 10.2. The summed E-state index contributed by atoms with van der Waals surface area (Å²) in [7, 11) is 0. The number of ketones is 1. The van der Waals surface area contributed by atoms with Gasteiger partial charge in [-0.2, -0.15) is 0 Å². The maximum absolute atomic E-state index is 12.9. The van der Waals surface area contributed by atoms with Gasteiger partial charge in [0.15, 0.2) is 5.78 Å². The van der Waals surface area contributed by atoms with Gasteiger partial charge in [-0.1, -0.05) is 41.6 Å². The number of benzene rings is 1. The fourth-order valence-electron chi connectivity index (χ4n) is 4.07. The molecule has 0 radical (unpaired) electrons. The topological polar surface area (TPSA) is 70.2 Å². The first kappa shape index (κ1) is 21.7. The minimum absolute atomic E-state index is 0.0429. The third-order valence-corrected chi connectivity index (χ3v) is 8.23. The van der Waals surface area contributed by atoms with Gasteiger partial charge in [-0.25, -0.2) is 0 Å². The van der Waals surface area contributed by atoms with Crippen molar-refractivity contribution in [3.8, 4) is 10.8 Å². The van der Waals surface area contributed by atoms with Crippen LogP contribution in [0.5, 0.6) is 0 Å². The number of nitrogens with zero attached hydrogens (tertiary/aromatic N) is 3. The maximum Gasteiger partial charge on any atom is 0.277 e. The number of carbonyl (C=O) groups excluding carboxylic acids is 1. The Labute approximate surface area is 198 Å². The van der Waals surface area contributed by atoms with Crippen molar-refractivity contribution in [3.63, 3.8) is 0 Å². The zero-order valence-electron chi connectivity index (χ0n) is 17.8. The number of aromatic nitrogens is 3. The minimum atomic E-state index is 0.0429. The van der Waals surface area contributed by atoms with Crippen LogP contribution in [0.4, 0.5) is 0 Å². The van der Waals surface area contributed by atoms with Crippen LogP contribution >= 0.6 is 34.7 Å². The van der Waals surface area contributed by atoms with Gasteiger partial charge in [-0.3, -0.25) is 4.79 Å². The second kappa shape index (κ2) is 9.02. The van der Waals surface area contributed by atoms with Gasteiger partial charge < -0.3 is 13.7 Å². The Morgan fingerprint density at radius 1 is 1.31 bits per heavy atom. The minimum Gasteiger partial charge on any atom is -0.410 e. The van der Waals surface area contributed by atoms with E-state index >= 15 is 0 Å². The normalized spacial score (nSPS) is 16.3. The summed E-state index contributed by atoms with van der Waals surface area (Å²) in [6.07, 6.45) is 2.40. The smallest absolute Gasteiger partial charge is 0.277 e. The third kappa shape index (κ3) is 4.12. The van der Waals surface area contributed by atoms with Crippen LogP contribution < -0.4 is 0 Å². The summed E-state index contributed by atoms with van der Waals surface area (Å²) < 4.78 is 14.8. The average molecular weight is 488 g/mol. The average Bonchev–Trinajstić information content (AvgIpc) is 3.57. The number of carbonyl (C=O) groups is 1. The van der Waals surface area contributed by atoms with Crippen LogP contribution in [-0.2, 0) is 11.3 Å². The quantitative estimate of drug-likeness (QED) is 0.229. The SMILES string of the molecule is Cc1cc(C(=O)CSc2nnc(-c3sc4ccccc4c3Cl)o2)c(C)n1CC1CCCO1. The van der Waals surface area contributed by atoms with E-state index in [9.17, 15) is 4.79 Å². The summed E-state index contributed by atoms with van der Waals surface area (Å²) in [6.45, 7) is 5.64. The van der Waals surface area contributed by atoms with Crippen LogP contribution in [0.2, 0.25) is 5.02 Å². The summed E-state index contributed by atoms with van der Waals surface area (Å²) in [5.41, 5.74) is 2.79. The van der Waals surface area contributed by atoms with Gasteiger partial charge in [-0.15, -0.1) is 21.5 Å². The zero-order chi connectivity index (χ0) is 22.2. The van der Waals surface area contributed by atoms with Crippen LogP contribution in [0.25, 0.3) is 20.9 Å². The fraction of sp³-hybridized carbons (Fsp3) is 0.348. The molecule has 1 aliphatic heterocycles. The number of hydrogen-bond donors (Lipinski definition) is 0. The van der Waals surface area contributed by atoms with E-state index in [-0.39, 0.29) is 17.6 Å². The molecule has 9 heteroatoms. The number of rotatable bonds is 7. The van der Waals surface area contributed by atoms with Crippen molar-refractivity contribution in [1.29, 1.82) is 0 Å². The Morgan fingerprint density at radius 3 is 2.94 bits per heavy atom. The van der Waals surface area contributed by atoms with Crippen molar-refractivity contribution < 1.29 is 13.9 Å². The lowest BCUT2D eigenvalue weighted by molar-refractivity contribution is 0.0957. The Hall–Kier alpha value is -2.13. The van der Waals surface area contributed by atoms with E-state index in [2.05, 4.69) is 14.8 Å². The van der Waals surface area contributed by atoms with Crippen molar-refractivity contribution in [2.24, 2.45) is 0 Å². The molecule has 1 atom stereocenters. The van der Waals surface area contributed by atoms with Crippen molar-refractivity contribution in [2.75, 3.05) is 12.4 Å². The molecule has 0 N–H and O–H groups in total. The number of fused-ring (bicyclic) bond motifs is 1. The van der Waals surface area contributed by atoms with Gasteiger partial charge in [0, 0.05) is 40.2 Å². The molecule has 4 aromatic rings. The second-order valence-electron chi connectivity index (χ2n) is 7.86. The first-order valence-electron chi connectivity index (χ1n) is 10.5. The standard InChI is InChI=1S/C23H22ClN3O3S2/c1-13-10-17(14(2)27(13)11-15-6-5-9-29-15)18(28)12-31-23-26-25-22(30-23)21-20(24)16-7-3-4-8-19(16)32-21/h3-4,7-8,10,15H,5-6,9,11-12H2,1-2H3. The van der Waals surface area contributed by atoms with Crippen LogP contribution in [-0.4, -0.2) is 39.0 Å². The fourth-order valence-corrected chi connectivity index (χ4v) is 6.15. The number of aryl methyl sites for hydroxylation is 1. The van der Waals surface area contributed by atoms with E-state index in [0.29, 0.717) is 16.1 Å². The van der Waals surface area contributed by atoms with Gasteiger partial charge in [0.25, 0.3) is 11.1 Å². The molecule has 0 spiro atoms. The van der Waals surface area contributed by atoms with E-state index in [1.54, 1.807) is 0 Å². The zero-order valence-corrected chi connectivity index (χ0v) is 20.1. The van der Waals surface area contributed by atoms with E-state index in [4.69, 9.17) is 20.8 Å². The Morgan fingerprint density at radius 2 is 2.16 bits per heavy atom. The second-order valence-corrected chi connectivity index (χ2v) is 10.2. The lowest BCUT2D eigenvalue weighted by Gasteiger charge is -2.14. The van der Waals surface area contributed by atoms with E-state index in [1.165, 1.54) is 23.1 Å². The van der Waals surface area contributed by atoms with Crippen LogP contribution in [0.3, 0.4) is 0 Å². The molecule has 0 amide bonds. The number of thioether (sulfide) groups is 1. The lowest BCUT2D eigenvalue weighted by Crippen LogP contribution is -2.17. The molecule has 3 aromatic heterocycles. The van der Waals surface area contributed by atoms with Gasteiger partial charge in [-0.05, 0) is 38.8 Å². The molecule has 166 valence electrons. The molecule has 4 heterocycles. The molecule has 1 aromatic carbocycles. The van der Waals surface area contributed by atoms with Crippen molar-refractivity contribution in [3.05, 3.63) is 52.3 Å². The van der Waals surface area contributed by atoms with Gasteiger partial charge in [0.1, 0.15) is 4.88 Å². The van der Waals surface area contributed by atoms with Crippen LogP contribution in [0.1, 0.15) is 34.6 Å². The maximum atomic E-state index is 12.9. The summed E-state index contributed by atoms with van der Waals surface area (Å²) >= 11 is 9.27. The Kier molecular flexibility index (Phi) is 6.11. The summed E-state index contributed by atoms with van der Waals surface area (Å²) in [5.74, 6) is 0.647. The van der Waals surface area contributed by atoms with Crippen molar-refractivity contribution >= 4 is 50.6 Å². The molecule has 0 saturated carbocycles. The number of hydrogen-bond acceptors (Lipinski definition) is 7. The molecule has 1 aliphatic rings. The molecular formula is C23H22ClN3O3S2. The summed E-state index contributed by atoms with van der Waals surface area (Å²) in [4.78, 5) is 13.7. The number of halogens is 1. The summed E-state index contributed by atoms with van der Waals surface area (Å²) in [5, 5.41) is 10.2. The van der Waals surface area contributed by atoms with E-state index in [1.807, 2.05) is 44.2 Å². The largest absolute Gasteiger partial charge is 0.410 e. The van der Waals surface area contributed by atoms with Gasteiger partial charge >= 0.3 is 0 Å². The highest BCUT2D eigenvalue weighted by atomic mass is 35.5. The molecule has 0 aliphatic carbocycles. The number of thiophene rings is 1. The summed E-state index contributed by atoms with van der Waals surface area (Å²) in [6, 6.07) is 9.86. The first-order chi connectivity index (χ1) is 15.5. The van der Waals surface area contributed by atoms with Crippen molar-refractivity contribution in [2.45, 2.75) is 44.6 Å². The highest BCUT2D eigenvalue weighted by Gasteiger charge is 2.22. The molecule has 32 heavy (non-hydrogen) atoms. The predicted molar refractivity (Wildman–Crippen MR) is 128 cm³/mol. The van der Waals surface area contributed by atoms with Crippen LogP contribution in [0.15, 0.2) is 40.0 Å².